The number of nitrogens with one attached hydrogen (secondary N) is 1. The molecule has 7 nitrogen and oxygen atoms in total. The van der Waals surface area contributed by atoms with E-state index in [4.69, 9.17) is 10.8 Å². The predicted molar refractivity (Wildman–Crippen MR) is 118 cm³/mol. The maximum Gasteiger partial charge on any atom is 0.243 e. The first-order valence-electron chi connectivity index (χ1n) is 10.1. The van der Waals surface area contributed by atoms with Gasteiger partial charge in [-0.05, 0) is 57.4 Å². The minimum Gasteiger partial charge on any atom is -0.335 e. The minimum absolute atomic E-state index is 0.354. The van der Waals surface area contributed by atoms with Gasteiger partial charge in [0.2, 0.25) is 17.8 Å². The lowest BCUT2D eigenvalue weighted by Crippen LogP contribution is -2.45. The lowest BCUT2D eigenvalue weighted by Gasteiger charge is -2.39. The number of rotatable bonds is 5. The van der Waals surface area contributed by atoms with Gasteiger partial charge < -0.3 is 4.90 Å². The molecule has 2 atom stereocenters. The van der Waals surface area contributed by atoms with Crippen LogP contribution in [0.25, 0.3) is 0 Å². The number of piperidine rings is 1. The van der Waals surface area contributed by atoms with E-state index >= 15 is 0 Å². The molecule has 2 heterocycles. The number of nitrogen functional groups attached to an aromatic ring is 1. The second-order valence-electron chi connectivity index (χ2n) is 7.45. The zero-order chi connectivity index (χ0) is 20.2. The molecule has 1 aromatic heterocycles. The van der Waals surface area contributed by atoms with Crippen LogP contribution < -0.4 is 21.1 Å². The number of hydrogen-bond donors (Lipinski definition) is 2. The molecule has 4 rings (SSSR count). The molecule has 0 spiro atoms. The zero-order valence-electron chi connectivity index (χ0n) is 16.9. The SMILES string of the molecule is CC1CCCC(C)N1c1nc(NN)nc(N(c2ccccc2)c2ccccc2)n1. The Labute approximate surface area is 171 Å². The van der Waals surface area contributed by atoms with E-state index in [1.54, 1.807) is 0 Å². The summed E-state index contributed by atoms with van der Waals surface area (Å²) in [6.07, 6.45) is 3.47. The summed E-state index contributed by atoms with van der Waals surface area (Å²) >= 11 is 0. The van der Waals surface area contributed by atoms with E-state index in [1.807, 2.05) is 65.6 Å². The molecule has 1 fully saturated rings. The van der Waals surface area contributed by atoms with Gasteiger partial charge in [0.05, 0.1) is 0 Å². The predicted octanol–water partition coefficient (Wildman–Crippen LogP) is 4.39. The zero-order valence-corrected chi connectivity index (χ0v) is 16.9. The molecule has 0 saturated carbocycles. The largest absolute Gasteiger partial charge is 0.335 e. The fourth-order valence-corrected chi connectivity index (χ4v) is 3.98. The van der Waals surface area contributed by atoms with E-state index < -0.39 is 0 Å². The number of nitrogens with two attached hydrogens (primary N) is 1. The molecule has 150 valence electrons. The van der Waals surface area contributed by atoms with Gasteiger partial charge in [-0.2, -0.15) is 15.0 Å². The van der Waals surface area contributed by atoms with Crippen molar-refractivity contribution in [2.75, 3.05) is 15.2 Å². The Morgan fingerprint density at radius 1 is 0.862 bits per heavy atom. The number of benzene rings is 2. The Morgan fingerprint density at radius 3 is 1.93 bits per heavy atom. The normalized spacial score (nSPS) is 19.1. The standard InChI is InChI=1S/C22H27N7/c1-16-10-9-11-17(2)28(16)21-24-20(27-23)25-22(26-21)29(18-12-5-3-6-13-18)19-14-7-4-8-15-19/h3-8,12-17H,9-11,23H2,1-2H3,(H,24,25,26,27). The number of anilines is 5. The summed E-state index contributed by atoms with van der Waals surface area (Å²) in [6, 6.07) is 20.9. The van der Waals surface area contributed by atoms with Gasteiger partial charge >= 0.3 is 0 Å². The smallest absolute Gasteiger partial charge is 0.243 e. The molecule has 2 aromatic carbocycles. The van der Waals surface area contributed by atoms with Crippen LogP contribution in [0.3, 0.4) is 0 Å². The fraction of sp³-hybridized carbons (Fsp3) is 0.318. The molecule has 0 bridgehead atoms. The van der Waals surface area contributed by atoms with Crippen LogP contribution in [-0.4, -0.2) is 27.0 Å². The molecule has 1 saturated heterocycles. The average molecular weight is 390 g/mol. The van der Waals surface area contributed by atoms with Crippen LogP contribution in [0, 0.1) is 0 Å². The van der Waals surface area contributed by atoms with Crippen molar-refractivity contribution in [1.29, 1.82) is 0 Å². The van der Waals surface area contributed by atoms with Crippen molar-refractivity contribution in [3.63, 3.8) is 0 Å². The summed E-state index contributed by atoms with van der Waals surface area (Å²) < 4.78 is 0. The highest BCUT2D eigenvalue weighted by Gasteiger charge is 2.29. The van der Waals surface area contributed by atoms with Gasteiger partial charge in [-0.25, -0.2) is 5.84 Å². The van der Waals surface area contributed by atoms with Crippen LogP contribution in [0.15, 0.2) is 60.7 Å². The average Bonchev–Trinajstić information content (AvgIpc) is 2.75. The van der Waals surface area contributed by atoms with E-state index in [0.717, 1.165) is 24.2 Å². The van der Waals surface area contributed by atoms with E-state index in [-0.39, 0.29) is 0 Å². The number of nitrogens with zero attached hydrogens (tertiary/aromatic N) is 5. The van der Waals surface area contributed by atoms with Crippen molar-refractivity contribution >= 4 is 29.2 Å². The minimum atomic E-state index is 0.354. The Balaban J connectivity index is 1.85. The van der Waals surface area contributed by atoms with Crippen molar-refractivity contribution < 1.29 is 0 Å². The highest BCUT2D eigenvalue weighted by atomic mass is 15.4. The van der Waals surface area contributed by atoms with Crippen molar-refractivity contribution in [1.82, 2.24) is 15.0 Å². The van der Waals surface area contributed by atoms with Gasteiger partial charge in [0.1, 0.15) is 0 Å². The van der Waals surface area contributed by atoms with Gasteiger partial charge in [-0.1, -0.05) is 36.4 Å². The number of para-hydroxylation sites is 2. The van der Waals surface area contributed by atoms with Gasteiger partial charge in [0, 0.05) is 23.5 Å². The molecule has 0 radical (unpaired) electrons. The van der Waals surface area contributed by atoms with Gasteiger partial charge in [-0.3, -0.25) is 10.3 Å². The molecule has 0 aliphatic carbocycles. The third-order valence-electron chi connectivity index (χ3n) is 5.39. The Bertz CT molecular complexity index is 883. The Kier molecular flexibility index (Phi) is 5.57. The molecular weight excluding hydrogens is 362 g/mol. The quantitative estimate of drug-likeness (QED) is 0.494. The third-order valence-corrected chi connectivity index (χ3v) is 5.39. The summed E-state index contributed by atoms with van der Waals surface area (Å²) in [5.74, 6) is 7.26. The third kappa shape index (κ3) is 4.00. The van der Waals surface area contributed by atoms with Crippen LogP contribution in [0.5, 0.6) is 0 Å². The molecule has 7 heteroatoms. The van der Waals surface area contributed by atoms with Crippen LogP contribution in [0.4, 0.5) is 29.2 Å². The van der Waals surface area contributed by atoms with E-state index in [1.165, 1.54) is 6.42 Å². The van der Waals surface area contributed by atoms with E-state index in [9.17, 15) is 0 Å². The highest BCUT2D eigenvalue weighted by molar-refractivity contribution is 5.73. The molecule has 1 aliphatic rings. The molecular formula is C22H27N7. The molecule has 0 amide bonds. The molecule has 3 aromatic rings. The van der Waals surface area contributed by atoms with Crippen molar-refractivity contribution in [3.8, 4) is 0 Å². The Hall–Kier alpha value is -3.19. The van der Waals surface area contributed by atoms with Crippen LogP contribution >= 0.6 is 0 Å². The lowest BCUT2D eigenvalue weighted by atomic mass is 9.98. The van der Waals surface area contributed by atoms with Gasteiger partial charge in [0.15, 0.2) is 0 Å². The first-order chi connectivity index (χ1) is 14.2. The second kappa shape index (κ2) is 8.45. The topological polar surface area (TPSA) is 83.2 Å². The lowest BCUT2D eigenvalue weighted by molar-refractivity contribution is 0.407. The van der Waals surface area contributed by atoms with Gasteiger partial charge in [0.25, 0.3) is 0 Å². The molecule has 3 N–H and O–H groups in total. The molecule has 29 heavy (non-hydrogen) atoms. The maximum atomic E-state index is 5.72. The summed E-state index contributed by atoms with van der Waals surface area (Å²) in [5, 5.41) is 0. The monoisotopic (exact) mass is 389 g/mol. The highest BCUT2D eigenvalue weighted by Crippen LogP contribution is 2.34. The van der Waals surface area contributed by atoms with E-state index in [2.05, 4.69) is 34.1 Å². The summed E-state index contributed by atoms with van der Waals surface area (Å²) in [5.41, 5.74) is 4.56. The van der Waals surface area contributed by atoms with Crippen LogP contribution in [-0.2, 0) is 0 Å². The first kappa shape index (κ1) is 19.1. The van der Waals surface area contributed by atoms with Gasteiger partial charge in [-0.15, -0.1) is 0 Å². The molecule has 2 unspecified atom stereocenters. The number of hydrazine groups is 1. The summed E-state index contributed by atoms with van der Waals surface area (Å²) in [6.45, 7) is 4.45. The van der Waals surface area contributed by atoms with Crippen LogP contribution in [0.1, 0.15) is 33.1 Å². The molecule has 1 aliphatic heterocycles. The first-order valence-corrected chi connectivity index (χ1v) is 10.1. The Morgan fingerprint density at radius 2 is 1.41 bits per heavy atom. The van der Waals surface area contributed by atoms with Crippen molar-refractivity contribution in [3.05, 3.63) is 60.7 Å². The number of hydrogen-bond acceptors (Lipinski definition) is 7. The maximum absolute atomic E-state index is 5.72. The number of aromatic nitrogens is 3. The van der Waals surface area contributed by atoms with Crippen LogP contribution in [0.2, 0.25) is 0 Å². The second-order valence-corrected chi connectivity index (χ2v) is 7.45. The summed E-state index contributed by atoms with van der Waals surface area (Å²) in [4.78, 5) is 18.4. The fourth-order valence-electron chi connectivity index (χ4n) is 3.98. The van der Waals surface area contributed by atoms with Crippen molar-refractivity contribution in [2.45, 2.75) is 45.2 Å². The summed E-state index contributed by atoms with van der Waals surface area (Å²) in [7, 11) is 0. The van der Waals surface area contributed by atoms with E-state index in [0.29, 0.717) is 29.9 Å². The van der Waals surface area contributed by atoms with Crippen molar-refractivity contribution in [2.24, 2.45) is 5.84 Å².